The van der Waals surface area contributed by atoms with Crippen molar-refractivity contribution in [2.75, 3.05) is 13.1 Å². The van der Waals surface area contributed by atoms with Crippen LogP contribution in [-0.4, -0.2) is 45.1 Å². The van der Waals surface area contributed by atoms with Crippen LogP contribution in [0.4, 0.5) is 0 Å². The van der Waals surface area contributed by atoms with Crippen LogP contribution < -0.4 is 0 Å². The second-order valence-electron chi connectivity index (χ2n) is 4.56. The van der Waals surface area contributed by atoms with Crippen molar-refractivity contribution in [3.63, 3.8) is 0 Å². The molecule has 0 bridgehead atoms. The molecule has 2 aromatic rings. The lowest BCUT2D eigenvalue weighted by Crippen LogP contribution is -2.21. The van der Waals surface area contributed by atoms with Crippen molar-refractivity contribution >= 4 is 23.3 Å². The molecule has 0 aliphatic rings. The van der Waals surface area contributed by atoms with Gasteiger partial charge in [-0.1, -0.05) is 44.2 Å². The predicted molar refractivity (Wildman–Crippen MR) is 89.4 cm³/mol. The van der Waals surface area contributed by atoms with Crippen LogP contribution in [0.2, 0.25) is 0 Å². The van der Waals surface area contributed by atoms with E-state index in [2.05, 4.69) is 48.4 Å². The average molecular weight is 336 g/mol. The van der Waals surface area contributed by atoms with Crippen LogP contribution in [0.3, 0.4) is 0 Å². The highest BCUT2D eigenvalue weighted by Gasteiger charge is 2.07. The second-order valence-corrected chi connectivity index (χ2v) is 5.51. The number of aliphatic carboxylic acids is 2. The number of carboxylic acid groups (broad SMARTS) is 2. The number of benzene rings is 1. The van der Waals surface area contributed by atoms with E-state index in [1.165, 1.54) is 10.6 Å². The third-order valence-electron chi connectivity index (χ3n) is 3.06. The third kappa shape index (κ3) is 6.58. The zero-order valence-corrected chi connectivity index (χ0v) is 13.9. The summed E-state index contributed by atoms with van der Waals surface area (Å²) in [6, 6.07) is 10.4. The first-order chi connectivity index (χ1) is 11.0. The van der Waals surface area contributed by atoms with Gasteiger partial charge in [0.05, 0.1) is 12.2 Å². The van der Waals surface area contributed by atoms with E-state index < -0.39 is 11.9 Å². The first-order valence-corrected chi connectivity index (χ1v) is 8.04. The molecule has 1 aromatic heterocycles. The quantitative estimate of drug-likeness (QED) is 0.816. The Bertz CT molecular complexity index is 612. The van der Waals surface area contributed by atoms with Gasteiger partial charge in [-0.3, -0.25) is 4.90 Å². The third-order valence-corrected chi connectivity index (χ3v) is 3.89. The highest BCUT2D eigenvalue weighted by molar-refractivity contribution is 7.09. The van der Waals surface area contributed by atoms with Crippen molar-refractivity contribution in [1.29, 1.82) is 0 Å². The molecule has 7 heteroatoms. The fourth-order valence-corrected chi connectivity index (χ4v) is 2.61. The minimum Gasteiger partial charge on any atom is -0.473 e. The summed E-state index contributed by atoms with van der Waals surface area (Å²) in [5.74, 6) is -3.65. The summed E-state index contributed by atoms with van der Waals surface area (Å²) >= 11 is 1.75. The molecule has 23 heavy (non-hydrogen) atoms. The van der Waals surface area contributed by atoms with E-state index in [9.17, 15) is 0 Å². The van der Waals surface area contributed by atoms with Crippen molar-refractivity contribution < 1.29 is 19.8 Å². The van der Waals surface area contributed by atoms with Crippen molar-refractivity contribution in [1.82, 2.24) is 9.88 Å². The summed E-state index contributed by atoms with van der Waals surface area (Å²) < 4.78 is 0. The largest absolute Gasteiger partial charge is 0.473 e. The van der Waals surface area contributed by atoms with E-state index in [1.807, 2.05) is 6.07 Å². The van der Waals surface area contributed by atoms with Gasteiger partial charge < -0.3 is 10.2 Å². The van der Waals surface area contributed by atoms with Gasteiger partial charge in [-0.25, -0.2) is 14.6 Å². The normalized spacial score (nSPS) is 10.0. The van der Waals surface area contributed by atoms with Gasteiger partial charge in [0, 0.05) is 10.9 Å². The number of aromatic nitrogens is 1. The molecule has 0 atom stereocenters. The lowest BCUT2D eigenvalue weighted by Gasteiger charge is -2.15. The van der Waals surface area contributed by atoms with E-state index in [0.717, 1.165) is 25.3 Å². The lowest BCUT2D eigenvalue weighted by atomic mass is 10.2. The van der Waals surface area contributed by atoms with Crippen molar-refractivity contribution in [3.05, 3.63) is 40.7 Å². The van der Waals surface area contributed by atoms with E-state index >= 15 is 0 Å². The van der Waals surface area contributed by atoms with Crippen LogP contribution in [0.15, 0.2) is 35.7 Å². The molecular weight excluding hydrogens is 316 g/mol. The summed E-state index contributed by atoms with van der Waals surface area (Å²) in [4.78, 5) is 25.3. The smallest absolute Gasteiger partial charge is 0.414 e. The minimum atomic E-state index is -1.82. The molecule has 0 spiro atoms. The van der Waals surface area contributed by atoms with Gasteiger partial charge in [0.25, 0.3) is 0 Å². The maximum absolute atomic E-state index is 9.10. The predicted octanol–water partition coefficient (Wildman–Crippen LogP) is 2.81. The molecule has 0 amide bonds. The van der Waals surface area contributed by atoms with Crippen LogP contribution in [0.5, 0.6) is 0 Å². The Balaban J connectivity index is 0.000000379. The maximum atomic E-state index is 9.10. The zero-order valence-electron chi connectivity index (χ0n) is 13.1. The van der Waals surface area contributed by atoms with E-state index in [-0.39, 0.29) is 0 Å². The van der Waals surface area contributed by atoms with E-state index in [0.29, 0.717) is 0 Å². The standard InChI is InChI=1S/C14H18N2S.C2H2O4/c1-3-16(4-2)10-14-15-13(11-17-14)12-8-6-5-7-9-12;3-1(4)2(5)6/h5-9,11H,3-4,10H2,1-2H3;(H,3,4)(H,5,6). The Kier molecular flexibility index (Phi) is 7.93. The summed E-state index contributed by atoms with van der Waals surface area (Å²) in [7, 11) is 0. The molecule has 0 aliphatic heterocycles. The molecule has 1 aromatic carbocycles. The van der Waals surface area contributed by atoms with Crippen molar-refractivity contribution in [2.45, 2.75) is 20.4 Å². The number of rotatable bonds is 5. The molecule has 0 fully saturated rings. The Hall–Kier alpha value is -2.25. The van der Waals surface area contributed by atoms with Crippen LogP contribution >= 0.6 is 11.3 Å². The Morgan fingerprint density at radius 1 is 1.09 bits per heavy atom. The summed E-state index contributed by atoms with van der Waals surface area (Å²) in [6.07, 6.45) is 0. The van der Waals surface area contributed by atoms with Crippen molar-refractivity contribution in [3.8, 4) is 11.3 Å². The van der Waals surface area contributed by atoms with Crippen molar-refractivity contribution in [2.24, 2.45) is 0 Å². The Morgan fingerprint density at radius 2 is 1.65 bits per heavy atom. The highest BCUT2D eigenvalue weighted by atomic mass is 32.1. The highest BCUT2D eigenvalue weighted by Crippen LogP contribution is 2.22. The number of hydrogen-bond acceptors (Lipinski definition) is 5. The molecule has 6 nitrogen and oxygen atoms in total. The van der Waals surface area contributed by atoms with Gasteiger partial charge in [0.15, 0.2) is 0 Å². The fourth-order valence-electron chi connectivity index (χ4n) is 1.76. The van der Waals surface area contributed by atoms with Crippen LogP contribution in [0, 0.1) is 0 Å². The number of nitrogens with zero attached hydrogens (tertiary/aromatic N) is 2. The SMILES string of the molecule is CCN(CC)Cc1nc(-c2ccccc2)cs1.O=C(O)C(=O)O. The molecule has 0 saturated heterocycles. The fraction of sp³-hybridized carbons (Fsp3) is 0.312. The van der Waals surface area contributed by atoms with Crippen LogP contribution in [0.1, 0.15) is 18.9 Å². The van der Waals surface area contributed by atoms with Crippen LogP contribution in [0.25, 0.3) is 11.3 Å². The molecule has 124 valence electrons. The maximum Gasteiger partial charge on any atom is 0.414 e. The van der Waals surface area contributed by atoms with Gasteiger partial charge in [-0.15, -0.1) is 11.3 Å². The number of thiazole rings is 1. The average Bonchev–Trinajstić information content (AvgIpc) is 3.02. The van der Waals surface area contributed by atoms with Gasteiger partial charge >= 0.3 is 11.9 Å². The lowest BCUT2D eigenvalue weighted by molar-refractivity contribution is -0.159. The van der Waals surface area contributed by atoms with Gasteiger partial charge in [0.2, 0.25) is 0 Å². The minimum absolute atomic E-state index is 0.963. The molecule has 1 heterocycles. The topological polar surface area (TPSA) is 90.7 Å². The Morgan fingerprint density at radius 3 is 2.13 bits per heavy atom. The summed E-state index contributed by atoms with van der Waals surface area (Å²) in [5, 5.41) is 18.1. The van der Waals surface area contributed by atoms with Gasteiger partial charge in [-0.05, 0) is 13.1 Å². The summed E-state index contributed by atoms with van der Waals surface area (Å²) in [5.41, 5.74) is 2.30. The van der Waals surface area contributed by atoms with Gasteiger partial charge in [0.1, 0.15) is 5.01 Å². The molecule has 0 aliphatic carbocycles. The van der Waals surface area contributed by atoms with E-state index in [4.69, 9.17) is 24.8 Å². The molecular formula is C16H20N2O4S. The molecule has 0 saturated carbocycles. The van der Waals surface area contributed by atoms with Gasteiger partial charge in [-0.2, -0.15) is 0 Å². The first-order valence-electron chi connectivity index (χ1n) is 7.16. The zero-order chi connectivity index (χ0) is 17.2. The molecule has 2 N–H and O–H groups in total. The summed E-state index contributed by atoms with van der Waals surface area (Å²) in [6.45, 7) is 7.50. The first kappa shape index (κ1) is 18.8. The number of carbonyl (C=O) groups is 2. The molecule has 0 unspecified atom stereocenters. The second kappa shape index (κ2) is 9.70. The van der Waals surface area contributed by atoms with Crippen LogP contribution in [-0.2, 0) is 16.1 Å². The number of carboxylic acids is 2. The van der Waals surface area contributed by atoms with E-state index in [1.54, 1.807) is 11.3 Å². The Labute approximate surface area is 139 Å². The molecule has 2 rings (SSSR count). The molecule has 0 radical (unpaired) electrons. The monoisotopic (exact) mass is 336 g/mol. The number of hydrogen-bond donors (Lipinski definition) is 2.